The van der Waals surface area contributed by atoms with Crippen LogP contribution in [0.3, 0.4) is 0 Å². The molecule has 0 saturated carbocycles. The quantitative estimate of drug-likeness (QED) is 0.699. The lowest BCUT2D eigenvalue weighted by Crippen LogP contribution is -2.26. The summed E-state index contributed by atoms with van der Waals surface area (Å²) < 4.78 is 0. The maximum atomic E-state index is 8.97. The molecular weight excluding hydrogens is 246 g/mol. The van der Waals surface area contributed by atoms with E-state index >= 15 is 0 Å². The van der Waals surface area contributed by atoms with Crippen molar-refractivity contribution < 1.29 is 0 Å². The Bertz CT molecular complexity index is 404. The fourth-order valence-electron chi connectivity index (χ4n) is 1.75. The lowest BCUT2D eigenvalue weighted by Gasteiger charge is -2.23. The maximum absolute atomic E-state index is 8.97. The van der Waals surface area contributed by atoms with Crippen molar-refractivity contribution in [3.05, 3.63) is 22.8 Å². The van der Waals surface area contributed by atoms with Crippen molar-refractivity contribution >= 4 is 17.4 Å². The van der Waals surface area contributed by atoms with Crippen molar-refractivity contribution in [3.8, 4) is 6.07 Å². The fourth-order valence-corrected chi connectivity index (χ4v) is 1.95. The first-order chi connectivity index (χ1) is 8.71. The Hall–Kier alpha value is -1.27. The Labute approximate surface area is 114 Å². The normalized spacial score (nSPS) is 10.1. The molecule has 0 aliphatic heterocycles. The summed E-state index contributed by atoms with van der Waals surface area (Å²) in [4.78, 5) is 6.55. The van der Waals surface area contributed by atoms with E-state index in [-0.39, 0.29) is 0 Å². The highest BCUT2D eigenvalue weighted by Gasteiger charge is 2.09. The highest BCUT2D eigenvalue weighted by Crippen LogP contribution is 2.19. The van der Waals surface area contributed by atoms with Gasteiger partial charge in [0.15, 0.2) is 0 Å². The summed E-state index contributed by atoms with van der Waals surface area (Å²) in [7, 11) is 0. The second-order valence-corrected chi connectivity index (χ2v) is 4.73. The molecule has 0 amide bonds. The van der Waals surface area contributed by atoms with E-state index < -0.39 is 0 Å². The average Bonchev–Trinajstić information content (AvgIpc) is 2.38. The summed E-state index contributed by atoms with van der Waals surface area (Å²) in [5.74, 6) is 0.820. The van der Waals surface area contributed by atoms with Gasteiger partial charge in [-0.1, -0.05) is 38.3 Å². The van der Waals surface area contributed by atoms with Crippen LogP contribution >= 0.6 is 11.6 Å². The molecular formula is C14H20ClN3. The highest BCUT2D eigenvalue weighted by atomic mass is 35.5. The average molecular weight is 266 g/mol. The van der Waals surface area contributed by atoms with Crippen molar-refractivity contribution in [3.63, 3.8) is 0 Å². The van der Waals surface area contributed by atoms with Gasteiger partial charge >= 0.3 is 0 Å². The van der Waals surface area contributed by atoms with Gasteiger partial charge in [-0.2, -0.15) is 5.26 Å². The first-order valence-electron chi connectivity index (χ1n) is 6.53. The first kappa shape index (κ1) is 14.8. The van der Waals surface area contributed by atoms with Gasteiger partial charge < -0.3 is 4.90 Å². The SMILES string of the molecule is CCCCN(CCCC)c1cc(C#N)cc(Cl)n1. The number of nitrogens with zero attached hydrogens (tertiary/aromatic N) is 3. The van der Waals surface area contributed by atoms with E-state index in [1.165, 1.54) is 0 Å². The number of rotatable bonds is 7. The van der Waals surface area contributed by atoms with Gasteiger partial charge in [0.1, 0.15) is 11.0 Å². The van der Waals surface area contributed by atoms with Gasteiger partial charge in [-0.15, -0.1) is 0 Å². The third-order valence-corrected chi connectivity index (χ3v) is 2.99. The highest BCUT2D eigenvalue weighted by molar-refractivity contribution is 6.29. The third-order valence-electron chi connectivity index (χ3n) is 2.80. The van der Waals surface area contributed by atoms with E-state index in [9.17, 15) is 0 Å². The van der Waals surface area contributed by atoms with Crippen molar-refractivity contribution in [1.82, 2.24) is 4.98 Å². The van der Waals surface area contributed by atoms with Crippen LogP contribution in [0, 0.1) is 11.3 Å². The molecule has 1 aromatic heterocycles. The van der Waals surface area contributed by atoms with Gasteiger partial charge in [0, 0.05) is 13.1 Å². The van der Waals surface area contributed by atoms with Crippen LogP contribution in [0.15, 0.2) is 12.1 Å². The number of unbranched alkanes of at least 4 members (excludes halogenated alkanes) is 2. The van der Waals surface area contributed by atoms with Crippen LogP contribution in [0.2, 0.25) is 5.15 Å². The van der Waals surface area contributed by atoms with Gasteiger partial charge in [0.05, 0.1) is 11.6 Å². The number of aromatic nitrogens is 1. The van der Waals surface area contributed by atoms with Crippen LogP contribution in [-0.2, 0) is 0 Å². The van der Waals surface area contributed by atoms with Crippen molar-refractivity contribution in [2.45, 2.75) is 39.5 Å². The van der Waals surface area contributed by atoms with Gasteiger partial charge in [-0.25, -0.2) is 4.98 Å². The third kappa shape index (κ3) is 4.54. The van der Waals surface area contributed by atoms with E-state index in [1.807, 2.05) is 6.07 Å². The molecule has 0 aliphatic carbocycles. The standard InChI is InChI=1S/C14H20ClN3/c1-3-5-7-18(8-6-4-2)14-10-12(11-16)9-13(15)17-14/h9-10H,3-8H2,1-2H3. The predicted octanol–water partition coefficient (Wildman–Crippen LogP) is 4.01. The Morgan fingerprint density at radius 3 is 2.33 bits per heavy atom. The van der Waals surface area contributed by atoms with E-state index in [0.29, 0.717) is 10.7 Å². The Morgan fingerprint density at radius 2 is 1.83 bits per heavy atom. The Morgan fingerprint density at radius 1 is 1.22 bits per heavy atom. The smallest absolute Gasteiger partial charge is 0.132 e. The van der Waals surface area contributed by atoms with Crippen LogP contribution in [0.25, 0.3) is 0 Å². The number of hydrogen-bond donors (Lipinski definition) is 0. The van der Waals surface area contributed by atoms with Gasteiger partial charge in [0.25, 0.3) is 0 Å². The summed E-state index contributed by atoms with van der Waals surface area (Å²) in [6.45, 7) is 6.28. The second-order valence-electron chi connectivity index (χ2n) is 4.34. The zero-order valence-electron chi connectivity index (χ0n) is 11.1. The molecule has 0 aliphatic rings. The number of nitriles is 1. The minimum absolute atomic E-state index is 0.391. The predicted molar refractivity (Wildman–Crippen MR) is 76.0 cm³/mol. The molecule has 0 atom stereocenters. The van der Waals surface area contributed by atoms with Gasteiger partial charge in [-0.05, 0) is 25.0 Å². The van der Waals surface area contributed by atoms with Crippen LogP contribution < -0.4 is 4.90 Å². The molecule has 18 heavy (non-hydrogen) atoms. The largest absolute Gasteiger partial charge is 0.357 e. The fraction of sp³-hybridized carbons (Fsp3) is 0.571. The minimum atomic E-state index is 0.391. The van der Waals surface area contributed by atoms with Crippen LogP contribution in [0.4, 0.5) is 5.82 Å². The van der Waals surface area contributed by atoms with Crippen LogP contribution in [0.1, 0.15) is 45.1 Å². The molecule has 0 saturated heterocycles. The molecule has 0 radical (unpaired) electrons. The molecule has 0 aromatic carbocycles. The molecule has 1 aromatic rings. The van der Waals surface area contributed by atoms with Crippen molar-refractivity contribution in [1.29, 1.82) is 5.26 Å². The summed E-state index contributed by atoms with van der Waals surface area (Å²) in [5.41, 5.74) is 0.572. The van der Waals surface area contributed by atoms with E-state index in [4.69, 9.17) is 16.9 Å². The molecule has 0 fully saturated rings. The number of anilines is 1. The second kappa shape index (κ2) is 7.94. The summed E-state index contributed by atoms with van der Waals surface area (Å²) >= 11 is 5.95. The molecule has 4 heteroatoms. The zero-order valence-corrected chi connectivity index (χ0v) is 11.9. The molecule has 1 rings (SSSR count). The van der Waals surface area contributed by atoms with Crippen molar-refractivity contribution in [2.24, 2.45) is 0 Å². The maximum Gasteiger partial charge on any atom is 0.132 e. The van der Waals surface area contributed by atoms with Crippen LogP contribution in [-0.4, -0.2) is 18.1 Å². The molecule has 0 spiro atoms. The summed E-state index contributed by atoms with van der Waals surface area (Å²) in [6.07, 6.45) is 4.54. The lowest BCUT2D eigenvalue weighted by atomic mass is 10.2. The van der Waals surface area contributed by atoms with E-state index in [0.717, 1.165) is 44.6 Å². The zero-order chi connectivity index (χ0) is 13.4. The number of hydrogen-bond acceptors (Lipinski definition) is 3. The molecule has 3 nitrogen and oxygen atoms in total. The number of halogens is 1. The molecule has 0 N–H and O–H groups in total. The lowest BCUT2D eigenvalue weighted by molar-refractivity contribution is 0.671. The summed E-state index contributed by atoms with van der Waals surface area (Å²) in [5, 5.41) is 9.36. The van der Waals surface area contributed by atoms with Gasteiger partial charge in [-0.3, -0.25) is 0 Å². The Kier molecular flexibility index (Phi) is 6.53. The molecule has 1 heterocycles. The topological polar surface area (TPSA) is 39.9 Å². The first-order valence-corrected chi connectivity index (χ1v) is 6.91. The van der Waals surface area contributed by atoms with Crippen molar-refractivity contribution in [2.75, 3.05) is 18.0 Å². The molecule has 0 bridgehead atoms. The Balaban J connectivity index is 2.89. The minimum Gasteiger partial charge on any atom is -0.357 e. The number of pyridine rings is 1. The molecule has 98 valence electrons. The summed E-state index contributed by atoms with van der Waals surface area (Å²) in [6, 6.07) is 5.54. The monoisotopic (exact) mass is 265 g/mol. The van der Waals surface area contributed by atoms with E-state index in [1.54, 1.807) is 6.07 Å². The molecule has 0 unspecified atom stereocenters. The van der Waals surface area contributed by atoms with E-state index in [2.05, 4.69) is 29.8 Å². The van der Waals surface area contributed by atoms with Gasteiger partial charge in [0.2, 0.25) is 0 Å². The van der Waals surface area contributed by atoms with Crippen LogP contribution in [0.5, 0.6) is 0 Å².